The van der Waals surface area contributed by atoms with Gasteiger partial charge in [-0.05, 0) is 37.1 Å². The molecule has 0 fully saturated rings. The minimum Gasteiger partial charge on any atom is -0.486 e. The molecule has 0 atom stereocenters. The first kappa shape index (κ1) is 12.2. The first-order valence-electron chi connectivity index (χ1n) is 5.59. The maximum Gasteiger partial charge on any atom is 0.274 e. The summed E-state index contributed by atoms with van der Waals surface area (Å²) in [4.78, 5) is 17.8. The molecule has 1 aromatic heterocycles. The summed E-state index contributed by atoms with van der Waals surface area (Å²) in [5.74, 6) is 1.21. The van der Waals surface area contributed by atoms with Gasteiger partial charge in [0.25, 0.3) is 5.56 Å². The molecule has 0 bridgehead atoms. The van der Waals surface area contributed by atoms with E-state index < -0.39 is 0 Å². The second-order valence-electron chi connectivity index (χ2n) is 4.23. The molecule has 0 radical (unpaired) electrons. The van der Waals surface area contributed by atoms with Crippen molar-refractivity contribution < 1.29 is 4.74 Å². The fourth-order valence-electron chi connectivity index (χ4n) is 1.68. The zero-order chi connectivity index (χ0) is 13.1. The van der Waals surface area contributed by atoms with Gasteiger partial charge in [-0.2, -0.15) is 0 Å². The summed E-state index contributed by atoms with van der Waals surface area (Å²) in [7, 11) is 0. The van der Waals surface area contributed by atoms with E-state index in [4.69, 9.17) is 10.5 Å². The quantitative estimate of drug-likeness (QED) is 0.859. The van der Waals surface area contributed by atoms with Crippen molar-refractivity contribution in [2.24, 2.45) is 0 Å². The van der Waals surface area contributed by atoms with Crippen LogP contribution in [0.3, 0.4) is 0 Å². The molecule has 18 heavy (non-hydrogen) atoms. The van der Waals surface area contributed by atoms with Crippen molar-refractivity contribution in [3.63, 3.8) is 0 Å². The van der Waals surface area contributed by atoms with Gasteiger partial charge < -0.3 is 15.5 Å². The van der Waals surface area contributed by atoms with E-state index in [-0.39, 0.29) is 17.9 Å². The smallest absolute Gasteiger partial charge is 0.274 e. The minimum atomic E-state index is -0.343. The Morgan fingerprint density at radius 1 is 1.28 bits per heavy atom. The normalized spacial score (nSPS) is 10.3. The molecule has 0 unspecified atom stereocenters. The molecule has 94 valence electrons. The van der Waals surface area contributed by atoms with E-state index in [1.165, 1.54) is 6.20 Å². The lowest BCUT2D eigenvalue weighted by atomic mass is 10.1. The third kappa shape index (κ3) is 2.88. The van der Waals surface area contributed by atoms with E-state index in [0.717, 1.165) is 16.9 Å². The first-order chi connectivity index (χ1) is 8.54. The summed E-state index contributed by atoms with van der Waals surface area (Å²) < 4.78 is 5.58. The number of aryl methyl sites for hydroxylation is 2. The van der Waals surface area contributed by atoms with E-state index in [1.807, 2.05) is 26.0 Å². The molecule has 5 heteroatoms. The Morgan fingerprint density at radius 2 is 1.94 bits per heavy atom. The Bertz CT molecular complexity index is 600. The van der Waals surface area contributed by atoms with Crippen molar-refractivity contribution >= 4 is 5.69 Å². The lowest BCUT2D eigenvalue weighted by molar-refractivity contribution is 0.295. The zero-order valence-electron chi connectivity index (χ0n) is 10.4. The van der Waals surface area contributed by atoms with Crippen LogP contribution in [0.5, 0.6) is 5.75 Å². The number of hydrogen-bond acceptors (Lipinski definition) is 4. The van der Waals surface area contributed by atoms with Crippen molar-refractivity contribution in [1.29, 1.82) is 0 Å². The number of ether oxygens (including phenoxy) is 1. The van der Waals surface area contributed by atoms with Crippen molar-refractivity contribution in [2.45, 2.75) is 20.5 Å². The molecule has 0 amide bonds. The average molecular weight is 245 g/mol. The number of anilines is 1. The highest BCUT2D eigenvalue weighted by Crippen LogP contribution is 2.16. The third-order valence-corrected chi connectivity index (χ3v) is 2.45. The van der Waals surface area contributed by atoms with Crippen molar-refractivity contribution in [2.75, 3.05) is 5.73 Å². The highest BCUT2D eigenvalue weighted by molar-refractivity contribution is 5.33. The molecular formula is C13H15N3O2. The molecule has 0 saturated carbocycles. The number of benzene rings is 1. The van der Waals surface area contributed by atoms with Gasteiger partial charge in [0.15, 0.2) is 0 Å². The van der Waals surface area contributed by atoms with Crippen LogP contribution in [0, 0.1) is 13.8 Å². The van der Waals surface area contributed by atoms with Crippen molar-refractivity contribution in [3.8, 4) is 5.75 Å². The van der Waals surface area contributed by atoms with Gasteiger partial charge in [-0.1, -0.05) is 6.07 Å². The fourth-order valence-corrected chi connectivity index (χ4v) is 1.68. The molecule has 0 aliphatic carbocycles. The number of nitrogen functional groups attached to an aromatic ring is 1. The van der Waals surface area contributed by atoms with Crippen LogP contribution in [-0.2, 0) is 6.61 Å². The molecule has 1 heterocycles. The molecule has 5 nitrogen and oxygen atoms in total. The van der Waals surface area contributed by atoms with Gasteiger partial charge in [-0.15, -0.1) is 0 Å². The number of nitrogens with two attached hydrogens (primary N) is 1. The summed E-state index contributed by atoms with van der Waals surface area (Å²) in [6.07, 6.45) is 1.33. The molecule has 2 rings (SSSR count). The molecular weight excluding hydrogens is 230 g/mol. The second-order valence-corrected chi connectivity index (χ2v) is 4.23. The number of H-pyrrole nitrogens is 1. The lowest BCUT2D eigenvalue weighted by Gasteiger charge is -2.07. The molecule has 0 spiro atoms. The molecule has 0 aliphatic heterocycles. The van der Waals surface area contributed by atoms with Gasteiger partial charge in [0.2, 0.25) is 0 Å². The molecule has 1 aromatic carbocycles. The van der Waals surface area contributed by atoms with E-state index in [1.54, 1.807) is 0 Å². The predicted octanol–water partition coefficient (Wildman–Crippen LogP) is 1.55. The fraction of sp³-hybridized carbons (Fsp3) is 0.231. The van der Waals surface area contributed by atoms with E-state index >= 15 is 0 Å². The Hall–Kier alpha value is -2.30. The van der Waals surface area contributed by atoms with Crippen LogP contribution in [0.15, 0.2) is 29.2 Å². The van der Waals surface area contributed by atoms with Gasteiger partial charge in [0.05, 0.1) is 6.20 Å². The summed E-state index contributed by atoms with van der Waals surface area (Å²) in [5.41, 5.74) is 7.40. The minimum absolute atomic E-state index is 0.102. The number of hydrogen-bond donors (Lipinski definition) is 2. The van der Waals surface area contributed by atoms with E-state index in [2.05, 4.69) is 16.0 Å². The molecule has 0 saturated heterocycles. The molecule has 0 aliphatic rings. The Morgan fingerprint density at radius 3 is 2.56 bits per heavy atom. The zero-order valence-corrected chi connectivity index (χ0v) is 10.4. The van der Waals surface area contributed by atoms with Crippen LogP contribution in [0.4, 0.5) is 5.69 Å². The van der Waals surface area contributed by atoms with Crippen molar-refractivity contribution in [1.82, 2.24) is 9.97 Å². The monoisotopic (exact) mass is 245 g/mol. The Labute approximate surface area is 105 Å². The highest BCUT2D eigenvalue weighted by Gasteiger charge is 2.01. The average Bonchev–Trinajstić information content (AvgIpc) is 2.29. The topological polar surface area (TPSA) is 81.0 Å². The van der Waals surface area contributed by atoms with Gasteiger partial charge in [0, 0.05) is 0 Å². The number of nitrogens with one attached hydrogen (secondary N) is 1. The third-order valence-electron chi connectivity index (χ3n) is 2.45. The van der Waals surface area contributed by atoms with Gasteiger partial charge in [-0.25, -0.2) is 4.98 Å². The summed E-state index contributed by atoms with van der Waals surface area (Å²) in [6, 6.07) is 5.93. The van der Waals surface area contributed by atoms with Gasteiger partial charge >= 0.3 is 0 Å². The van der Waals surface area contributed by atoms with Crippen molar-refractivity contribution in [3.05, 3.63) is 51.7 Å². The van der Waals surface area contributed by atoms with Crippen LogP contribution in [0.1, 0.15) is 17.0 Å². The SMILES string of the molecule is Cc1cc(C)cc(OCc2ncc(N)c(=O)[nH]2)c1. The number of rotatable bonds is 3. The molecule has 3 N–H and O–H groups in total. The summed E-state index contributed by atoms with van der Waals surface area (Å²) >= 11 is 0. The second kappa shape index (κ2) is 4.91. The highest BCUT2D eigenvalue weighted by atomic mass is 16.5. The predicted molar refractivity (Wildman–Crippen MR) is 69.5 cm³/mol. The van der Waals surface area contributed by atoms with Crippen LogP contribution in [-0.4, -0.2) is 9.97 Å². The largest absolute Gasteiger partial charge is 0.486 e. The Balaban J connectivity index is 2.11. The number of aromatic nitrogens is 2. The number of aromatic amines is 1. The first-order valence-corrected chi connectivity index (χ1v) is 5.59. The van der Waals surface area contributed by atoms with E-state index in [9.17, 15) is 4.79 Å². The lowest BCUT2D eigenvalue weighted by Crippen LogP contribution is -2.16. The van der Waals surface area contributed by atoms with Gasteiger partial charge in [0.1, 0.15) is 23.9 Å². The summed E-state index contributed by atoms with van der Waals surface area (Å²) in [6.45, 7) is 4.21. The van der Waals surface area contributed by atoms with Crippen LogP contribution >= 0.6 is 0 Å². The summed E-state index contributed by atoms with van der Waals surface area (Å²) in [5, 5.41) is 0. The van der Waals surface area contributed by atoms with E-state index in [0.29, 0.717) is 5.82 Å². The van der Waals surface area contributed by atoms with Crippen LogP contribution in [0.25, 0.3) is 0 Å². The standard InChI is InChI=1S/C13H15N3O2/c1-8-3-9(2)5-10(4-8)18-7-12-15-6-11(14)13(17)16-12/h3-6H,7,14H2,1-2H3,(H,15,16,17). The number of nitrogens with zero attached hydrogens (tertiary/aromatic N) is 1. The molecule has 2 aromatic rings. The maximum atomic E-state index is 11.3. The van der Waals surface area contributed by atoms with Crippen LogP contribution < -0.4 is 16.0 Å². The maximum absolute atomic E-state index is 11.3. The Kier molecular flexibility index (Phi) is 3.32. The van der Waals surface area contributed by atoms with Crippen LogP contribution in [0.2, 0.25) is 0 Å². The van der Waals surface area contributed by atoms with Gasteiger partial charge in [-0.3, -0.25) is 4.79 Å².